The molecule has 2 aromatic carbocycles. The van der Waals surface area contributed by atoms with Gasteiger partial charge in [0.15, 0.2) is 0 Å². The predicted molar refractivity (Wildman–Crippen MR) is 104 cm³/mol. The average molecular weight is 383 g/mol. The Morgan fingerprint density at radius 2 is 1.75 bits per heavy atom. The van der Waals surface area contributed by atoms with Crippen LogP contribution in [0.3, 0.4) is 0 Å². The third kappa shape index (κ3) is 4.08. The number of nitrogens with zero attached hydrogens (tertiary/aromatic N) is 1. The highest BCUT2D eigenvalue weighted by Gasteiger charge is 2.43. The van der Waals surface area contributed by atoms with Gasteiger partial charge in [0.25, 0.3) is 5.91 Å². The van der Waals surface area contributed by atoms with Crippen molar-refractivity contribution in [3.8, 4) is 0 Å². The number of benzene rings is 2. The van der Waals surface area contributed by atoms with E-state index in [2.05, 4.69) is 4.74 Å². The third-order valence-corrected chi connectivity index (χ3v) is 5.44. The quantitative estimate of drug-likeness (QED) is 0.770. The molecule has 1 saturated heterocycles. The number of aliphatic hydroxyl groups excluding tert-OH is 2. The minimum atomic E-state index is -0.804. The van der Waals surface area contributed by atoms with Gasteiger partial charge in [-0.25, -0.2) is 4.79 Å². The Morgan fingerprint density at radius 1 is 1.11 bits per heavy atom. The number of methoxy groups -OCH3 is 1. The summed E-state index contributed by atoms with van der Waals surface area (Å²) < 4.78 is 4.67. The van der Waals surface area contributed by atoms with E-state index >= 15 is 0 Å². The number of esters is 1. The van der Waals surface area contributed by atoms with Crippen molar-refractivity contribution >= 4 is 11.9 Å². The molecule has 0 aromatic heterocycles. The van der Waals surface area contributed by atoms with Crippen LogP contribution in [0.25, 0.3) is 0 Å². The largest absolute Gasteiger partial charge is 0.465 e. The van der Waals surface area contributed by atoms with Crippen LogP contribution in [0.15, 0.2) is 54.6 Å². The highest BCUT2D eigenvalue weighted by molar-refractivity contribution is 5.96. The Labute approximate surface area is 164 Å². The lowest BCUT2D eigenvalue weighted by Gasteiger charge is -2.45. The van der Waals surface area contributed by atoms with Crippen LogP contribution in [0.4, 0.5) is 0 Å². The maximum absolute atomic E-state index is 13.0. The van der Waals surface area contributed by atoms with E-state index in [1.165, 1.54) is 7.11 Å². The number of piperidine rings is 1. The zero-order valence-electron chi connectivity index (χ0n) is 15.9. The smallest absolute Gasteiger partial charge is 0.337 e. The van der Waals surface area contributed by atoms with Gasteiger partial charge in [-0.1, -0.05) is 30.3 Å². The van der Waals surface area contributed by atoms with Crippen molar-refractivity contribution in [2.45, 2.75) is 18.9 Å². The van der Waals surface area contributed by atoms with Crippen LogP contribution < -0.4 is 0 Å². The Balaban J connectivity index is 1.79. The molecule has 0 saturated carbocycles. The molecule has 6 heteroatoms. The Hall–Kier alpha value is -2.70. The van der Waals surface area contributed by atoms with Crippen LogP contribution in [-0.2, 0) is 11.2 Å². The second kappa shape index (κ2) is 8.54. The van der Waals surface area contributed by atoms with Crippen LogP contribution in [0, 0.1) is 5.41 Å². The van der Waals surface area contributed by atoms with Gasteiger partial charge in [0, 0.05) is 24.1 Å². The molecular weight excluding hydrogens is 358 g/mol. The summed E-state index contributed by atoms with van der Waals surface area (Å²) >= 11 is 0. The molecule has 1 fully saturated rings. The fraction of sp³-hybridized carbons (Fsp3) is 0.364. The molecule has 0 radical (unpaired) electrons. The lowest BCUT2D eigenvalue weighted by Crippen LogP contribution is -2.56. The number of likely N-dealkylation sites (tertiary alicyclic amines) is 1. The summed E-state index contributed by atoms with van der Waals surface area (Å²) in [4.78, 5) is 26.2. The molecule has 1 aliphatic heterocycles. The van der Waals surface area contributed by atoms with Gasteiger partial charge in [0.05, 0.1) is 25.4 Å². The van der Waals surface area contributed by atoms with E-state index in [1.54, 1.807) is 29.2 Å². The molecule has 28 heavy (non-hydrogen) atoms. The molecule has 148 valence electrons. The number of aliphatic hydroxyl groups is 2. The van der Waals surface area contributed by atoms with E-state index in [4.69, 9.17) is 0 Å². The van der Waals surface area contributed by atoms with Gasteiger partial charge >= 0.3 is 5.97 Å². The summed E-state index contributed by atoms with van der Waals surface area (Å²) in [7, 11) is 1.31. The van der Waals surface area contributed by atoms with Gasteiger partial charge in [-0.05, 0) is 42.7 Å². The number of hydrogen-bond donors (Lipinski definition) is 2. The summed E-state index contributed by atoms with van der Waals surface area (Å²) in [5.74, 6) is -0.642. The van der Waals surface area contributed by atoms with Crippen LogP contribution in [0.5, 0.6) is 0 Å². The van der Waals surface area contributed by atoms with Gasteiger partial charge in [-0.3, -0.25) is 4.79 Å². The van der Waals surface area contributed by atoms with Crippen molar-refractivity contribution in [3.05, 3.63) is 71.3 Å². The van der Waals surface area contributed by atoms with E-state index in [1.807, 2.05) is 30.3 Å². The van der Waals surface area contributed by atoms with Crippen LogP contribution in [0.2, 0.25) is 0 Å². The number of hydrogen-bond acceptors (Lipinski definition) is 5. The second-order valence-corrected chi connectivity index (χ2v) is 7.28. The predicted octanol–water partition coefficient (Wildman–Crippen LogP) is 1.90. The Morgan fingerprint density at radius 3 is 2.36 bits per heavy atom. The standard InChI is InChI=1S/C22H25NO5/c1-28-21(27)18-9-7-17(8-10-18)20(26)23-12-11-19(25)22(14-23,15-24)13-16-5-3-2-4-6-16/h2-10,19,24-25H,11-15H2,1H3/t19-,22+/m1/s1. The summed E-state index contributed by atoms with van der Waals surface area (Å²) in [5, 5.41) is 20.7. The van der Waals surface area contributed by atoms with Crippen molar-refractivity contribution in [1.82, 2.24) is 4.90 Å². The summed E-state index contributed by atoms with van der Waals surface area (Å²) in [5.41, 5.74) is 1.03. The van der Waals surface area contributed by atoms with Crippen molar-refractivity contribution in [2.24, 2.45) is 5.41 Å². The summed E-state index contributed by atoms with van der Waals surface area (Å²) in [6.07, 6.45) is 0.194. The summed E-state index contributed by atoms with van der Waals surface area (Å²) in [6.45, 7) is 0.459. The number of rotatable bonds is 5. The maximum atomic E-state index is 13.0. The first-order chi connectivity index (χ1) is 13.5. The fourth-order valence-corrected chi connectivity index (χ4v) is 3.76. The van der Waals surface area contributed by atoms with Crippen LogP contribution in [-0.4, -0.2) is 59.9 Å². The van der Waals surface area contributed by atoms with Crippen LogP contribution >= 0.6 is 0 Å². The maximum Gasteiger partial charge on any atom is 0.337 e. The van der Waals surface area contributed by atoms with Gasteiger partial charge in [-0.15, -0.1) is 0 Å². The van der Waals surface area contributed by atoms with Gasteiger partial charge < -0.3 is 19.8 Å². The molecule has 2 N–H and O–H groups in total. The average Bonchev–Trinajstić information content (AvgIpc) is 2.75. The third-order valence-electron chi connectivity index (χ3n) is 5.44. The molecule has 0 aliphatic carbocycles. The number of carbonyl (C=O) groups is 2. The number of ether oxygens (including phenoxy) is 1. The summed E-state index contributed by atoms with van der Waals surface area (Å²) in [6, 6.07) is 16.0. The normalized spacial score (nSPS) is 22.0. The molecule has 1 aliphatic rings. The molecule has 0 unspecified atom stereocenters. The van der Waals surface area contributed by atoms with Gasteiger partial charge in [-0.2, -0.15) is 0 Å². The molecular formula is C22H25NO5. The Kier molecular flexibility index (Phi) is 6.11. The molecule has 1 amide bonds. The van der Waals surface area contributed by atoms with E-state index in [9.17, 15) is 19.8 Å². The highest BCUT2D eigenvalue weighted by atomic mass is 16.5. The minimum absolute atomic E-state index is 0.186. The zero-order chi connectivity index (χ0) is 20.1. The lowest BCUT2D eigenvalue weighted by atomic mass is 9.73. The van der Waals surface area contributed by atoms with Crippen molar-refractivity contribution in [3.63, 3.8) is 0 Å². The molecule has 6 nitrogen and oxygen atoms in total. The molecule has 1 heterocycles. The van der Waals surface area contributed by atoms with E-state index in [0.717, 1.165) is 5.56 Å². The molecule has 2 aromatic rings. The fourth-order valence-electron chi connectivity index (χ4n) is 3.76. The molecule has 0 bridgehead atoms. The van der Waals surface area contributed by atoms with E-state index in [0.29, 0.717) is 30.5 Å². The van der Waals surface area contributed by atoms with E-state index < -0.39 is 17.5 Å². The van der Waals surface area contributed by atoms with Crippen LogP contribution in [0.1, 0.15) is 32.7 Å². The van der Waals surface area contributed by atoms with Crippen molar-refractivity contribution in [1.29, 1.82) is 0 Å². The molecule has 2 atom stereocenters. The monoisotopic (exact) mass is 383 g/mol. The zero-order valence-corrected chi connectivity index (χ0v) is 15.9. The second-order valence-electron chi connectivity index (χ2n) is 7.28. The first-order valence-electron chi connectivity index (χ1n) is 9.29. The van der Waals surface area contributed by atoms with E-state index in [-0.39, 0.29) is 19.1 Å². The SMILES string of the molecule is COC(=O)c1ccc(C(=O)N2CC[C@@H](O)[C@@](CO)(Cc3ccccc3)C2)cc1. The molecule has 3 rings (SSSR count). The van der Waals surface area contributed by atoms with Gasteiger partial charge in [0.1, 0.15) is 0 Å². The first kappa shape index (κ1) is 20.0. The highest BCUT2D eigenvalue weighted by Crippen LogP contribution is 2.34. The first-order valence-corrected chi connectivity index (χ1v) is 9.29. The minimum Gasteiger partial charge on any atom is -0.465 e. The van der Waals surface area contributed by atoms with Gasteiger partial charge in [0.2, 0.25) is 0 Å². The number of amides is 1. The molecule has 0 spiro atoms. The Bertz CT molecular complexity index is 821. The van der Waals surface area contributed by atoms with Crippen molar-refractivity contribution < 1.29 is 24.5 Å². The number of carbonyl (C=O) groups excluding carboxylic acids is 2. The van der Waals surface area contributed by atoms with Crippen molar-refractivity contribution in [2.75, 3.05) is 26.8 Å². The lowest BCUT2D eigenvalue weighted by molar-refractivity contribution is -0.0668. The topological polar surface area (TPSA) is 87.1 Å².